The summed E-state index contributed by atoms with van der Waals surface area (Å²) in [4.78, 5) is 3.52. The molecule has 0 aliphatic heterocycles. The molecule has 0 aromatic carbocycles. The maximum atomic E-state index is 13.1. The van der Waals surface area contributed by atoms with E-state index >= 15 is 0 Å². The van der Waals surface area contributed by atoms with Crippen molar-refractivity contribution < 1.29 is 13.2 Å². The van der Waals surface area contributed by atoms with Crippen LogP contribution in [0.25, 0.3) is 0 Å². The lowest BCUT2D eigenvalue weighted by Crippen LogP contribution is -2.17. The van der Waals surface area contributed by atoms with E-state index in [2.05, 4.69) is 4.98 Å². The molecule has 0 aliphatic carbocycles. The number of halogens is 3. The lowest BCUT2D eigenvalue weighted by molar-refractivity contribution is 0.410. The summed E-state index contributed by atoms with van der Waals surface area (Å²) in [6.45, 7) is 5.03. The molecule has 1 aromatic rings. The number of nitrogens with zero attached hydrogens (tertiary/aromatic N) is 1. The van der Waals surface area contributed by atoms with Gasteiger partial charge in [-0.2, -0.15) is 0 Å². The van der Waals surface area contributed by atoms with Crippen molar-refractivity contribution in [1.29, 1.82) is 0 Å². The average Bonchev–Trinajstić information content (AvgIpc) is 1.98. The predicted molar refractivity (Wildman–Crippen MR) is 42.8 cm³/mol. The molecule has 0 saturated heterocycles. The highest BCUT2D eigenvalue weighted by atomic mass is 19.2. The molecule has 1 heterocycles. The smallest absolute Gasteiger partial charge is 0.197 e. The van der Waals surface area contributed by atoms with Crippen LogP contribution in [0, 0.1) is 17.5 Å². The summed E-state index contributed by atoms with van der Waals surface area (Å²) in [6.07, 6.45) is 0.693. The van der Waals surface area contributed by atoms with Gasteiger partial charge >= 0.3 is 0 Å². The van der Waals surface area contributed by atoms with Crippen molar-refractivity contribution >= 4 is 0 Å². The van der Waals surface area contributed by atoms with Crippen LogP contribution in [-0.4, -0.2) is 4.98 Å². The van der Waals surface area contributed by atoms with Crippen molar-refractivity contribution in [2.24, 2.45) is 0 Å². The molecule has 0 saturated carbocycles. The Labute approximate surface area is 74.6 Å². The number of rotatable bonds is 0. The topological polar surface area (TPSA) is 12.9 Å². The summed E-state index contributed by atoms with van der Waals surface area (Å²) in [5.41, 5.74) is -0.690. The number of hydrogen-bond acceptors (Lipinski definition) is 1. The van der Waals surface area contributed by atoms with Crippen molar-refractivity contribution in [2.75, 3.05) is 0 Å². The normalized spacial score (nSPS) is 11.8. The molecule has 0 fully saturated rings. The van der Waals surface area contributed by atoms with Gasteiger partial charge in [-0.15, -0.1) is 0 Å². The average molecular weight is 189 g/mol. The minimum atomic E-state index is -1.46. The van der Waals surface area contributed by atoms with Crippen LogP contribution in [0.5, 0.6) is 0 Å². The Hall–Kier alpha value is -1.06. The van der Waals surface area contributed by atoms with Gasteiger partial charge in [0.15, 0.2) is 17.5 Å². The zero-order valence-corrected chi connectivity index (χ0v) is 7.66. The second-order valence-corrected chi connectivity index (χ2v) is 3.83. The molecule has 0 atom stereocenters. The number of pyridine rings is 1. The Balaban J connectivity index is 3.35. The molecule has 0 amide bonds. The SMILES string of the molecule is CC(C)(C)c1ncc(F)c(F)c1F. The monoisotopic (exact) mass is 189 g/mol. The molecule has 0 spiro atoms. The van der Waals surface area contributed by atoms with Crippen LogP contribution in [-0.2, 0) is 5.41 Å². The van der Waals surface area contributed by atoms with Crippen LogP contribution in [0.15, 0.2) is 6.20 Å². The lowest BCUT2D eigenvalue weighted by Gasteiger charge is -2.18. The second-order valence-electron chi connectivity index (χ2n) is 3.83. The third-order valence-electron chi connectivity index (χ3n) is 1.63. The van der Waals surface area contributed by atoms with E-state index in [9.17, 15) is 13.2 Å². The Bertz CT molecular complexity index is 328. The first-order valence-corrected chi connectivity index (χ1v) is 3.84. The van der Waals surface area contributed by atoms with Crippen LogP contribution in [0.1, 0.15) is 26.5 Å². The Morgan fingerprint density at radius 2 is 1.62 bits per heavy atom. The quantitative estimate of drug-likeness (QED) is 0.611. The lowest BCUT2D eigenvalue weighted by atomic mass is 9.91. The van der Waals surface area contributed by atoms with E-state index in [0.29, 0.717) is 6.20 Å². The van der Waals surface area contributed by atoms with E-state index in [1.807, 2.05) is 0 Å². The maximum Gasteiger partial charge on any atom is 0.197 e. The maximum absolute atomic E-state index is 13.1. The van der Waals surface area contributed by atoms with E-state index in [1.165, 1.54) is 0 Å². The molecule has 1 rings (SSSR count). The molecule has 0 unspecified atom stereocenters. The van der Waals surface area contributed by atoms with Crippen LogP contribution < -0.4 is 0 Å². The van der Waals surface area contributed by atoms with Gasteiger partial charge in [0.05, 0.1) is 11.9 Å². The Morgan fingerprint density at radius 3 is 2.08 bits per heavy atom. The van der Waals surface area contributed by atoms with Gasteiger partial charge in [0.25, 0.3) is 0 Å². The third kappa shape index (κ3) is 1.82. The minimum Gasteiger partial charge on any atom is -0.254 e. The summed E-state index contributed by atoms with van der Waals surface area (Å²) in [5.74, 6) is -3.92. The zero-order valence-electron chi connectivity index (χ0n) is 7.66. The van der Waals surface area contributed by atoms with E-state index in [0.717, 1.165) is 0 Å². The van der Waals surface area contributed by atoms with Gasteiger partial charge in [-0.3, -0.25) is 4.98 Å². The fourth-order valence-electron chi connectivity index (χ4n) is 0.966. The number of aromatic nitrogens is 1. The van der Waals surface area contributed by atoms with Gasteiger partial charge in [-0.05, 0) is 0 Å². The molecule has 13 heavy (non-hydrogen) atoms. The highest BCUT2D eigenvalue weighted by Gasteiger charge is 2.24. The molecule has 4 heteroatoms. The second kappa shape index (κ2) is 3.01. The molecule has 1 nitrogen and oxygen atoms in total. The molecular formula is C9H10F3N. The van der Waals surface area contributed by atoms with Gasteiger partial charge in [-0.25, -0.2) is 13.2 Å². The predicted octanol–water partition coefficient (Wildman–Crippen LogP) is 2.80. The fraction of sp³-hybridized carbons (Fsp3) is 0.444. The third-order valence-corrected chi connectivity index (χ3v) is 1.63. The largest absolute Gasteiger partial charge is 0.254 e. The molecule has 0 aliphatic rings. The van der Waals surface area contributed by atoms with Crippen LogP contribution in [0.3, 0.4) is 0 Å². The van der Waals surface area contributed by atoms with Crippen LogP contribution in [0.4, 0.5) is 13.2 Å². The zero-order chi connectivity index (χ0) is 10.2. The van der Waals surface area contributed by atoms with Crippen molar-refractivity contribution in [3.63, 3.8) is 0 Å². The summed E-state index contributed by atoms with van der Waals surface area (Å²) in [6, 6.07) is 0. The van der Waals surface area contributed by atoms with Gasteiger partial charge in [0.1, 0.15) is 0 Å². The first kappa shape index (κ1) is 10.0. The van der Waals surface area contributed by atoms with Gasteiger partial charge < -0.3 is 0 Å². The van der Waals surface area contributed by atoms with Crippen LogP contribution >= 0.6 is 0 Å². The molecule has 0 radical (unpaired) electrons. The summed E-state index contributed by atoms with van der Waals surface area (Å²) < 4.78 is 38.3. The van der Waals surface area contributed by atoms with Crippen molar-refractivity contribution in [3.05, 3.63) is 29.3 Å². The van der Waals surface area contributed by atoms with Gasteiger partial charge in [-0.1, -0.05) is 20.8 Å². The van der Waals surface area contributed by atoms with Crippen LogP contribution in [0.2, 0.25) is 0 Å². The van der Waals surface area contributed by atoms with Crippen molar-refractivity contribution in [1.82, 2.24) is 4.98 Å². The molecule has 0 bridgehead atoms. The van der Waals surface area contributed by atoms with E-state index in [-0.39, 0.29) is 5.69 Å². The first-order valence-electron chi connectivity index (χ1n) is 3.84. The summed E-state index contributed by atoms with van der Waals surface area (Å²) >= 11 is 0. The van der Waals surface area contributed by atoms with Crippen molar-refractivity contribution in [2.45, 2.75) is 26.2 Å². The van der Waals surface area contributed by atoms with E-state index < -0.39 is 22.9 Å². The van der Waals surface area contributed by atoms with Gasteiger partial charge in [0, 0.05) is 5.41 Å². The summed E-state index contributed by atoms with van der Waals surface area (Å²) in [7, 11) is 0. The van der Waals surface area contributed by atoms with Crippen molar-refractivity contribution in [3.8, 4) is 0 Å². The van der Waals surface area contributed by atoms with E-state index in [1.54, 1.807) is 20.8 Å². The molecule has 0 N–H and O–H groups in total. The minimum absolute atomic E-state index is 0.0635. The molecule has 72 valence electrons. The summed E-state index contributed by atoms with van der Waals surface area (Å²) in [5, 5.41) is 0. The Kier molecular flexibility index (Phi) is 2.32. The first-order chi connectivity index (χ1) is 5.84. The standard InChI is InChI=1S/C9H10F3N/c1-9(2,3)8-7(12)6(11)5(10)4-13-8/h4H,1-3H3. The highest BCUT2D eigenvalue weighted by molar-refractivity contribution is 5.17. The Morgan fingerprint density at radius 1 is 1.08 bits per heavy atom. The number of hydrogen-bond donors (Lipinski definition) is 0. The van der Waals surface area contributed by atoms with Gasteiger partial charge in [0.2, 0.25) is 0 Å². The van der Waals surface area contributed by atoms with E-state index in [4.69, 9.17) is 0 Å². The fourth-order valence-corrected chi connectivity index (χ4v) is 0.966. The highest BCUT2D eigenvalue weighted by Crippen LogP contribution is 2.24. The molecule has 1 aromatic heterocycles. The molecular weight excluding hydrogens is 179 g/mol.